The number of nitrogens with one attached hydrogen (secondary N) is 1. The molecule has 3 nitrogen and oxygen atoms in total. The van der Waals surface area contributed by atoms with Gasteiger partial charge in [-0.05, 0) is 37.1 Å². The first-order valence-corrected chi connectivity index (χ1v) is 6.97. The van der Waals surface area contributed by atoms with Crippen molar-refractivity contribution in [1.29, 1.82) is 0 Å². The van der Waals surface area contributed by atoms with E-state index >= 15 is 0 Å². The number of ether oxygens (including phenoxy) is 1. The topological polar surface area (TPSA) is 34.4 Å². The third-order valence-corrected chi connectivity index (χ3v) is 3.44. The second kappa shape index (κ2) is 5.85. The number of benzene rings is 1. The van der Waals surface area contributed by atoms with E-state index in [-0.39, 0.29) is 11.6 Å². The highest BCUT2D eigenvalue weighted by molar-refractivity contribution is 6.30. The molecule has 3 rings (SSSR count). The van der Waals surface area contributed by atoms with Gasteiger partial charge in [-0.3, -0.25) is 0 Å². The van der Waals surface area contributed by atoms with Crippen molar-refractivity contribution in [3.8, 4) is 5.75 Å². The summed E-state index contributed by atoms with van der Waals surface area (Å²) < 4.78 is 24.3. The van der Waals surface area contributed by atoms with Crippen LogP contribution in [0.4, 0.5) is 4.39 Å². The van der Waals surface area contributed by atoms with Crippen LogP contribution in [0, 0.1) is 5.82 Å². The number of furan rings is 1. The van der Waals surface area contributed by atoms with Gasteiger partial charge in [0.15, 0.2) is 0 Å². The van der Waals surface area contributed by atoms with Crippen LogP contribution in [0.3, 0.4) is 0 Å². The first-order valence-electron chi connectivity index (χ1n) is 6.59. The lowest BCUT2D eigenvalue weighted by molar-refractivity contribution is 0.264. The largest absolute Gasteiger partial charge is 0.486 e. The molecule has 0 amide bonds. The van der Waals surface area contributed by atoms with Gasteiger partial charge in [0.25, 0.3) is 0 Å². The second-order valence-corrected chi connectivity index (χ2v) is 5.29. The van der Waals surface area contributed by atoms with Crippen molar-refractivity contribution in [1.82, 2.24) is 5.32 Å². The highest BCUT2D eigenvalue weighted by Gasteiger charge is 2.20. The lowest BCUT2D eigenvalue weighted by atomic mass is 10.3. The van der Waals surface area contributed by atoms with Crippen molar-refractivity contribution >= 4 is 11.6 Å². The molecule has 0 aliphatic heterocycles. The van der Waals surface area contributed by atoms with Crippen LogP contribution in [0.1, 0.15) is 24.4 Å². The summed E-state index contributed by atoms with van der Waals surface area (Å²) in [5.41, 5.74) is 0. The predicted octanol–water partition coefficient (Wildman–Crippen LogP) is 3.90. The van der Waals surface area contributed by atoms with Crippen molar-refractivity contribution < 1.29 is 13.5 Å². The summed E-state index contributed by atoms with van der Waals surface area (Å²) in [4.78, 5) is 0. The Kier molecular flexibility index (Phi) is 3.94. The molecular weight excluding hydrogens is 281 g/mol. The SMILES string of the molecule is Fc1cc(OCc2ccc(CNC3CC3)o2)ccc1Cl. The molecule has 1 heterocycles. The Morgan fingerprint density at radius 3 is 2.80 bits per heavy atom. The van der Waals surface area contributed by atoms with Crippen molar-refractivity contribution in [2.24, 2.45) is 0 Å². The number of hydrogen-bond acceptors (Lipinski definition) is 3. The van der Waals surface area contributed by atoms with Gasteiger partial charge in [-0.25, -0.2) is 4.39 Å². The highest BCUT2D eigenvalue weighted by Crippen LogP contribution is 2.22. The molecule has 106 valence electrons. The van der Waals surface area contributed by atoms with E-state index < -0.39 is 5.82 Å². The van der Waals surface area contributed by atoms with Crippen LogP contribution in [0.2, 0.25) is 5.02 Å². The number of rotatable bonds is 6. The Labute approximate surface area is 121 Å². The average molecular weight is 296 g/mol. The van der Waals surface area contributed by atoms with Crippen LogP contribution >= 0.6 is 11.6 Å². The molecule has 0 bridgehead atoms. The summed E-state index contributed by atoms with van der Waals surface area (Å²) in [6.07, 6.45) is 2.50. The number of halogens is 2. The molecule has 0 atom stereocenters. The summed E-state index contributed by atoms with van der Waals surface area (Å²) in [6.45, 7) is 1.00. The van der Waals surface area contributed by atoms with Crippen LogP contribution in [0.5, 0.6) is 5.75 Å². The van der Waals surface area contributed by atoms with Crippen LogP contribution in [-0.4, -0.2) is 6.04 Å². The molecule has 5 heteroatoms. The Morgan fingerprint density at radius 1 is 1.25 bits per heavy atom. The fraction of sp³-hybridized carbons (Fsp3) is 0.333. The third kappa shape index (κ3) is 3.52. The van der Waals surface area contributed by atoms with E-state index in [0.29, 0.717) is 17.6 Å². The molecule has 1 N–H and O–H groups in total. The van der Waals surface area contributed by atoms with Crippen LogP contribution in [0.15, 0.2) is 34.7 Å². The van der Waals surface area contributed by atoms with Gasteiger partial charge in [0.1, 0.15) is 29.7 Å². The molecule has 0 unspecified atom stereocenters. The molecule has 0 saturated heterocycles. The van der Waals surface area contributed by atoms with E-state index in [9.17, 15) is 4.39 Å². The summed E-state index contributed by atoms with van der Waals surface area (Å²) in [7, 11) is 0. The second-order valence-electron chi connectivity index (χ2n) is 4.89. The smallest absolute Gasteiger partial charge is 0.146 e. The lowest BCUT2D eigenvalue weighted by Crippen LogP contribution is -2.14. The normalized spacial score (nSPS) is 14.5. The first kappa shape index (κ1) is 13.5. The maximum Gasteiger partial charge on any atom is 0.146 e. The van der Waals surface area contributed by atoms with E-state index in [0.717, 1.165) is 12.3 Å². The Balaban J connectivity index is 1.53. The molecule has 1 saturated carbocycles. The fourth-order valence-electron chi connectivity index (χ4n) is 1.85. The predicted molar refractivity (Wildman–Crippen MR) is 74.3 cm³/mol. The van der Waals surface area contributed by atoms with Gasteiger partial charge in [-0.1, -0.05) is 11.6 Å². The van der Waals surface area contributed by atoms with Gasteiger partial charge in [0.05, 0.1) is 11.6 Å². The van der Waals surface area contributed by atoms with Gasteiger partial charge in [0.2, 0.25) is 0 Å². The summed E-state index contributed by atoms with van der Waals surface area (Å²) in [5, 5.41) is 3.46. The quantitative estimate of drug-likeness (QED) is 0.877. The molecule has 1 aliphatic carbocycles. The Bertz CT molecular complexity index is 595. The van der Waals surface area contributed by atoms with Gasteiger partial charge in [0, 0.05) is 12.1 Å². The lowest BCUT2D eigenvalue weighted by Gasteiger charge is -2.05. The Hall–Kier alpha value is -1.52. The van der Waals surface area contributed by atoms with Gasteiger partial charge >= 0.3 is 0 Å². The Morgan fingerprint density at radius 2 is 2.05 bits per heavy atom. The zero-order chi connectivity index (χ0) is 13.9. The minimum atomic E-state index is -0.488. The van der Waals surface area contributed by atoms with Crippen molar-refractivity contribution in [3.05, 3.63) is 52.7 Å². The standard InChI is InChI=1S/C15H15ClFNO2/c16-14-6-5-11(7-15(14)17)19-9-13-4-3-12(20-13)8-18-10-1-2-10/h3-7,10,18H,1-2,8-9H2. The van der Waals surface area contributed by atoms with Gasteiger partial charge < -0.3 is 14.5 Å². The van der Waals surface area contributed by atoms with Gasteiger partial charge in [-0.15, -0.1) is 0 Å². The van der Waals surface area contributed by atoms with E-state index in [1.807, 2.05) is 12.1 Å². The summed E-state index contributed by atoms with van der Waals surface area (Å²) in [5.74, 6) is 1.55. The maximum absolute atomic E-state index is 13.2. The van der Waals surface area contributed by atoms with Crippen LogP contribution in [0.25, 0.3) is 0 Å². The molecule has 1 aromatic carbocycles. The maximum atomic E-state index is 13.2. The summed E-state index contributed by atoms with van der Waals surface area (Å²) in [6, 6.07) is 8.81. The molecule has 1 aromatic heterocycles. The molecule has 1 aliphatic rings. The molecule has 0 spiro atoms. The van der Waals surface area contributed by atoms with Crippen molar-refractivity contribution in [3.63, 3.8) is 0 Å². The number of hydrogen-bond donors (Lipinski definition) is 1. The molecule has 2 aromatic rings. The fourth-order valence-corrected chi connectivity index (χ4v) is 1.97. The zero-order valence-corrected chi connectivity index (χ0v) is 11.6. The minimum Gasteiger partial charge on any atom is -0.486 e. The first-order chi connectivity index (χ1) is 9.70. The van der Waals surface area contributed by atoms with Gasteiger partial charge in [-0.2, -0.15) is 0 Å². The van der Waals surface area contributed by atoms with E-state index in [1.54, 1.807) is 6.07 Å². The highest BCUT2D eigenvalue weighted by atomic mass is 35.5. The molecular formula is C15H15ClFNO2. The van der Waals surface area contributed by atoms with E-state index in [4.69, 9.17) is 20.8 Å². The van der Waals surface area contributed by atoms with E-state index in [1.165, 1.54) is 25.0 Å². The zero-order valence-electron chi connectivity index (χ0n) is 10.9. The molecule has 0 radical (unpaired) electrons. The van der Waals surface area contributed by atoms with E-state index in [2.05, 4.69) is 5.32 Å². The average Bonchev–Trinajstić information content (AvgIpc) is 3.16. The summed E-state index contributed by atoms with van der Waals surface area (Å²) >= 11 is 5.61. The minimum absolute atomic E-state index is 0.0868. The monoisotopic (exact) mass is 295 g/mol. The molecule has 20 heavy (non-hydrogen) atoms. The van der Waals surface area contributed by atoms with Crippen LogP contribution < -0.4 is 10.1 Å². The van der Waals surface area contributed by atoms with Crippen molar-refractivity contribution in [2.75, 3.05) is 0 Å². The molecule has 1 fully saturated rings. The van der Waals surface area contributed by atoms with Crippen LogP contribution in [-0.2, 0) is 13.2 Å². The van der Waals surface area contributed by atoms with Crippen molar-refractivity contribution in [2.45, 2.75) is 32.0 Å². The third-order valence-electron chi connectivity index (χ3n) is 3.13.